The molecule has 0 bridgehead atoms. The molecular weight excluding hydrogens is 578 g/mol. The quantitative estimate of drug-likeness (QED) is 0.220. The van der Waals surface area contributed by atoms with E-state index in [0.717, 1.165) is 56.3 Å². The number of carboxylic acids is 1. The number of ether oxygens (including phenoxy) is 1. The molecule has 244 valence electrons. The smallest absolute Gasteiger partial charge is 0.407 e. The molecule has 2 fully saturated rings. The van der Waals surface area contributed by atoms with E-state index in [0.29, 0.717) is 55.4 Å². The van der Waals surface area contributed by atoms with E-state index in [1.54, 1.807) is 11.0 Å². The fourth-order valence-electron chi connectivity index (χ4n) is 5.80. The molecule has 2 heterocycles. The van der Waals surface area contributed by atoms with Crippen molar-refractivity contribution in [2.24, 2.45) is 17.8 Å². The fraction of sp³-hybridized carbons (Fsp3) is 0.706. The highest BCUT2D eigenvalue weighted by atomic mass is 32.1. The predicted molar refractivity (Wildman–Crippen MR) is 174 cm³/mol. The van der Waals surface area contributed by atoms with Gasteiger partial charge in [-0.1, -0.05) is 39.0 Å². The number of piperidine rings is 1. The van der Waals surface area contributed by atoms with Crippen LogP contribution in [0.3, 0.4) is 0 Å². The summed E-state index contributed by atoms with van der Waals surface area (Å²) < 4.78 is 5.24. The van der Waals surface area contributed by atoms with Gasteiger partial charge in [0.15, 0.2) is 0 Å². The molecule has 1 saturated heterocycles. The minimum atomic E-state index is -1.05. The Kier molecular flexibility index (Phi) is 13.1. The maximum atomic E-state index is 14.1. The number of carbonyl (C=O) groups is 4. The number of hydrogen-bond acceptors (Lipinski definition) is 6. The van der Waals surface area contributed by atoms with Crippen LogP contribution in [0.25, 0.3) is 0 Å². The number of aromatic carboxylic acids is 1. The van der Waals surface area contributed by atoms with Gasteiger partial charge in [0.25, 0.3) is 0 Å². The second-order valence-corrected chi connectivity index (χ2v) is 14.6. The summed E-state index contributed by atoms with van der Waals surface area (Å²) >= 11 is 1.13. The number of hydrogen-bond donors (Lipinski definition) is 2. The van der Waals surface area contributed by atoms with Gasteiger partial charge in [0.1, 0.15) is 10.5 Å². The first kappa shape index (κ1) is 35.4. The van der Waals surface area contributed by atoms with Crippen LogP contribution in [0.15, 0.2) is 6.07 Å². The second-order valence-electron chi connectivity index (χ2n) is 13.6. The topological polar surface area (TPSA) is 116 Å². The number of rotatable bonds is 10. The van der Waals surface area contributed by atoms with Gasteiger partial charge in [-0.3, -0.25) is 9.59 Å². The third-order valence-corrected chi connectivity index (χ3v) is 9.20. The summed E-state index contributed by atoms with van der Waals surface area (Å²) in [6, 6.07) is 1.60. The summed E-state index contributed by atoms with van der Waals surface area (Å²) in [6.45, 7) is 13.2. The van der Waals surface area contributed by atoms with Crippen molar-refractivity contribution in [3.63, 3.8) is 0 Å². The fourth-order valence-corrected chi connectivity index (χ4v) is 6.65. The largest absolute Gasteiger partial charge is 0.477 e. The summed E-state index contributed by atoms with van der Waals surface area (Å²) in [5, 5.41) is 12.8. The van der Waals surface area contributed by atoms with E-state index in [1.807, 2.05) is 39.5 Å². The van der Waals surface area contributed by atoms with Crippen LogP contribution in [0.2, 0.25) is 0 Å². The number of unbranched alkanes of at least 4 members (excludes halogenated alkanes) is 2. The summed E-state index contributed by atoms with van der Waals surface area (Å²) in [7, 11) is 0. The minimum Gasteiger partial charge on any atom is -0.477 e. The molecule has 1 aromatic heterocycles. The van der Waals surface area contributed by atoms with Crippen LogP contribution >= 0.6 is 11.3 Å². The first-order chi connectivity index (χ1) is 20.7. The SMILES string of the molecule is CC(C)C#Cc1cc(N(C(=O)[C@H]2CC[C@H](C)CC2)C2CCN(C(=O)CCCCCNC(=O)OC(C)(C)C)CC2)c(C(=O)O)s1. The zero-order chi connectivity index (χ0) is 32.4. The first-order valence-electron chi connectivity index (χ1n) is 16.2. The van der Waals surface area contributed by atoms with E-state index in [9.17, 15) is 24.3 Å². The van der Waals surface area contributed by atoms with Crippen molar-refractivity contribution in [1.29, 1.82) is 0 Å². The number of alkyl carbamates (subject to hydrolysis) is 1. The van der Waals surface area contributed by atoms with Crippen LogP contribution in [0.1, 0.15) is 120 Å². The Morgan fingerprint density at radius 2 is 1.73 bits per heavy atom. The van der Waals surface area contributed by atoms with E-state index in [4.69, 9.17) is 4.74 Å². The number of anilines is 1. The van der Waals surface area contributed by atoms with Gasteiger partial charge in [-0.2, -0.15) is 0 Å². The Bertz CT molecular complexity index is 1210. The van der Waals surface area contributed by atoms with Crippen molar-refractivity contribution in [3.8, 4) is 11.8 Å². The number of carboxylic acid groups (broad SMARTS) is 1. The lowest BCUT2D eigenvalue weighted by Crippen LogP contribution is -2.51. The molecule has 2 aliphatic rings. The third-order valence-electron chi connectivity index (χ3n) is 8.17. The third kappa shape index (κ3) is 10.8. The van der Waals surface area contributed by atoms with Crippen LogP contribution < -0.4 is 10.2 Å². The van der Waals surface area contributed by atoms with E-state index >= 15 is 0 Å². The monoisotopic (exact) mass is 629 g/mol. The molecule has 44 heavy (non-hydrogen) atoms. The molecule has 10 heteroatoms. The molecule has 1 aliphatic carbocycles. The highest BCUT2D eigenvalue weighted by Gasteiger charge is 2.37. The van der Waals surface area contributed by atoms with Gasteiger partial charge in [-0.05, 0) is 84.1 Å². The molecule has 0 atom stereocenters. The lowest BCUT2D eigenvalue weighted by Gasteiger charge is -2.40. The van der Waals surface area contributed by atoms with E-state index in [-0.39, 0.29) is 34.6 Å². The second kappa shape index (κ2) is 16.3. The molecule has 0 aromatic carbocycles. The highest BCUT2D eigenvalue weighted by molar-refractivity contribution is 7.15. The van der Waals surface area contributed by atoms with Crippen molar-refractivity contribution >= 4 is 40.9 Å². The van der Waals surface area contributed by atoms with Gasteiger partial charge in [0.2, 0.25) is 11.8 Å². The average Bonchev–Trinajstić information content (AvgIpc) is 3.37. The summed E-state index contributed by atoms with van der Waals surface area (Å²) in [5.74, 6) is 5.87. The van der Waals surface area contributed by atoms with Gasteiger partial charge < -0.3 is 25.0 Å². The molecule has 1 aliphatic heterocycles. The maximum Gasteiger partial charge on any atom is 0.407 e. The molecule has 2 N–H and O–H groups in total. The molecule has 3 amide bonds. The van der Waals surface area contributed by atoms with Gasteiger partial charge in [-0.15, -0.1) is 11.3 Å². The summed E-state index contributed by atoms with van der Waals surface area (Å²) in [5.41, 5.74) is -0.0835. The molecule has 0 spiro atoms. The average molecular weight is 630 g/mol. The molecule has 0 radical (unpaired) electrons. The van der Waals surface area contributed by atoms with Gasteiger partial charge in [-0.25, -0.2) is 9.59 Å². The Morgan fingerprint density at radius 1 is 1.07 bits per heavy atom. The zero-order valence-corrected chi connectivity index (χ0v) is 28.2. The molecular formula is C34H51N3O6S. The first-order valence-corrected chi connectivity index (χ1v) is 17.0. The number of carbonyl (C=O) groups excluding carboxylic acids is 3. The molecule has 1 saturated carbocycles. The molecule has 0 unspecified atom stereocenters. The van der Waals surface area contributed by atoms with E-state index < -0.39 is 17.7 Å². The Labute approximate surface area is 267 Å². The Hall–Kier alpha value is -3.06. The number of likely N-dealkylation sites (tertiary alicyclic amines) is 1. The molecule has 9 nitrogen and oxygen atoms in total. The van der Waals surface area contributed by atoms with Crippen LogP contribution in [-0.2, 0) is 14.3 Å². The number of thiophene rings is 1. The van der Waals surface area contributed by atoms with Crippen LogP contribution in [-0.4, -0.2) is 65.2 Å². The van der Waals surface area contributed by atoms with Crippen LogP contribution in [0.4, 0.5) is 10.5 Å². The lowest BCUT2D eigenvalue weighted by molar-refractivity contribution is -0.132. The van der Waals surface area contributed by atoms with Crippen molar-refractivity contribution in [2.45, 2.75) is 117 Å². The highest BCUT2D eigenvalue weighted by Crippen LogP contribution is 2.38. The normalized spacial score (nSPS) is 19.2. The van der Waals surface area contributed by atoms with Crippen LogP contribution in [0.5, 0.6) is 0 Å². The zero-order valence-electron chi connectivity index (χ0n) is 27.4. The minimum absolute atomic E-state index is 0.00494. The summed E-state index contributed by atoms with van der Waals surface area (Å²) in [4.78, 5) is 55.6. The predicted octanol–water partition coefficient (Wildman–Crippen LogP) is 6.69. The van der Waals surface area contributed by atoms with Crippen molar-refractivity contribution in [3.05, 3.63) is 15.8 Å². The van der Waals surface area contributed by atoms with E-state index in [2.05, 4.69) is 24.1 Å². The van der Waals surface area contributed by atoms with Crippen LogP contribution in [0, 0.1) is 29.6 Å². The van der Waals surface area contributed by atoms with Gasteiger partial charge in [0, 0.05) is 43.9 Å². The summed E-state index contributed by atoms with van der Waals surface area (Å²) in [6.07, 6.45) is 7.14. The van der Waals surface area contributed by atoms with E-state index in [1.165, 1.54) is 0 Å². The van der Waals surface area contributed by atoms with Crippen molar-refractivity contribution in [1.82, 2.24) is 10.2 Å². The van der Waals surface area contributed by atoms with Gasteiger partial charge in [0.05, 0.1) is 10.6 Å². The number of nitrogens with one attached hydrogen (secondary N) is 1. The standard InChI is InChI=1S/C34H51N3O6S/c1-23(2)11-16-27-22-28(30(44-27)32(40)41)37(31(39)25-14-12-24(3)13-15-25)26-17-20-36(21-18-26)29(38)10-8-7-9-19-35-33(42)43-34(4,5)6/h22-26H,7-10,12-15,17-21H2,1-6H3,(H,35,42)(H,40,41)/t24-,25-. The molecule has 1 aromatic rings. The van der Waals surface area contributed by atoms with Crippen molar-refractivity contribution < 1.29 is 29.0 Å². The maximum absolute atomic E-state index is 14.1. The van der Waals surface area contributed by atoms with Gasteiger partial charge >= 0.3 is 12.1 Å². The number of amides is 3. The van der Waals surface area contributed by atoms with Crippen molar-refractivity contribution in [2.75, 3.05) is 24.5 Å². The molecule has 3 rings (SSSR count). The lowest BCUT2D eigenvalue weighted by atomic mass is 9.82. The number of nitrogens with zero attached hydrogens (tertiary/aromatic N) is 2. The Balaban J connectivity index is 1.62. The Morgan fingerprint density at radius 3 is 2.32 bits per heavy atom.